The summed E-state index contributed by atoms with van der Waals surface area (Å²) in [5.41, 5.74) is 2.13. The van der Waals surface area contributed by atoms with Gasteiger partial charge >= 0.3 is 0 Å². The van der Waals surface area contributed by atoms with Gasteiger partial charge in [-0.05, 0) is 31.5 Å². The SMILES string of the molecule is CCN(C(=O)CCN1CCN(C=O)CC1)c1cccc(C)c1. The lowest BCUT2D eigenvalue weighted by atomic mass is 10.2. The van der Waals surface area contributed by atoms with Gasteiger partial charge in [0.2, 0.25) is 12.3 Å². The van der Waals surface area contributed by atoms with Crippen molar-refractivity contribution in [2.45, 2.75) is 20.3 Å². The third-order valence-electron chi connectivity index (χ3n) is 4.13. The van der Waals surface area contributed by atoms with Gasteiger partial charge < -0.3 is 9.80 Å². The predicted octanol–water partition coefficient (Wildman–Crippen LogP) is 1.51. The Morgan fingerprint density at radius 3 is 2.59 bits per heavy atom. The first-order valence-corrected chi connectivity index (χ1v) is 7.92. The molecular formula is C17H25N3O2. The number of anilines is 1. The first kappa shape index (κ1) is 16.5. The minimum Gasteiger partial charge on any atom is -0.343 e. The van der Waals surface area contributed by atoms with Gasteiger partial charge in [0.1, 0.15) is 0 Å². The Hall–Kier alpha value is -1.88. The highest BCUT2D eigenvalue weighted by Crippen LogP contribution is 2.17. The van der Waals surface area contributed by atoms with E-state index in [1.54, 1.807) is 4.90 Å². The Balaban J connectivity index is 1.86. The molecule has 1 aliphatic heterocycles. The molecule has 1 aromatic carbocycles. The number of hydrogen-bond donors (Lipinski definition) is 0. The van der Waals surface area contributed by atoms with Crippen LogP contribution in [-0.2, 0) is 9.59 Å². The van der Waals surface area contributed by atoms with Crippen LogP contribution in [0.4, 0.5) is 5.69 Å². The summed E-state index contributed by atoms with van der Waals surface area (Å²) in [7, 11) is 0. The number of hydrogen-bond acceptors (Lipinski definition) is 3. The van der Waals surface area contributed by atoms with Gasteiger partial charge in [-0.2, -0.15) is 0 Å². The molecule has 22 heavy (non-hydrogen) atoms. The fourth-order valence-corrected chi connectivity index (χ4v) is 2.78. The molecule has 1 fully saturated rings. The van der Waals surface area contributed by atoms with Crippen molar-refractivity contribution >= 4 is 18.0 Å². The smallest absolute Gasteiger partial charge is 0.228 e. The second-order valence-corrected chi connectivity index (χ2v) is 5.71. The summed E-state index contributed by atoms with van der Waals surface area (Å²) in [6.45, 7) is 8.69. The molecule has 1 aromatic rings. The van der Waals surface area contributed by atoms with E-state index in [1.807, 2.05) is 43.0 Å². The zero-order chi connectivity index (χ0) is 15.9. The first-order valence-electron chi connectivity index (χ1n) is 7.92. The van der Waals surface area contributed by atoms with Crippen LogP contribution in [0.3, 0.4) is 0 Å². The highest BCUT2D eigenvalue weighted by Gasteiger charge is 2.18. The summed E-state index contributed by atoms with van der Waals surface area (Å²) in [6, 6.07) is 8.05. The Morgan fingerprint density at radius 2 is 2.00 bits per heavy atom. The molecule has 0 aromatic heterocycles. The van der Waals surface area contributed by atoms with E-state index in [9.17, 15) is 9.59 Å². The molecule has 0 atom stereocenters. The predicted molar refractivity (Wildman–Crippen MR) is 87.9 cm³/mol. The van der Waals surface area contributed by atoms with Gasteiger partial charge in [0.05, 0.1) is 0 Å². The van der Waals surface area contributed by atoms with E-state index in [0.717, 1.165) is 50.4 Å². The molecule has 2 rings (SSSR count). The first-order chi connectivity index (χ1) is 10.6. The molecule has 5 heteroatoms. The summed E-state index contributed by atoms with van der Waals surface area (Å²) in [4.78, 5) is 29.0. The third kappa shape index (κ3) is 4.31. The molecule has 0 unspecified atom stereocenters. The molecule has 0 spiro atoms. The zero-order valence-electron chi connectivity index (χ0n) is 13.5. The summed E-state index contributed by atoms with van der Waals surface area (Å²) in [5, 5.41) is 0. The highest BCUT2D eigenvalue weighted by molar-refractivity contribution is 5.93. The molecular weight excluding hydrogens is 278 g/mol. The lowest BCUT2D eigenvalue weighted by molar-refractivity contribution is -0.121. The van der Waals surface area contributed by atoms with Gasteiger partial charge in [0.15, 0.2) is 0 Å². The average Bonchev–Trinajstić information content (AvgIpc) is 2.54. The van der Waals surface area contributed by atoms with Crippen molar-refractivity contribution in [3.8, 4) is 0 Å². The maximum absolute atomic E-state index is 12.5. The zero-order valence-corrected chi connectivity index (χ0v) is 13.5. The van der Waals surface area contributed by atoms with Crippen molar-refractivity contribution in [3.05, 3.63) is 29.8 Å². The molecule has 0 aliphatic carbocycles. The van der Waals surface area contributed by atoms with Crippen molar-refractivity contribution in [3.63, 3.8) is 0 Å². The van der Waals surface area contributed by atoms with E-state index >= 15 is 0 Å². The van der Waals surface area contributed by atoms with Crippen LogP contribution in [0.2, 0.25) is 0 Å². The van der Waals surface area contributed by atoms with E-state index < -0.39 is 0 Å². The maximum Gasteiger partial charge on any atom is 0.228 e. The molecule has 0 saturated carbocycles. The van der Waals surface area contributed by atoms with Crippen LogP contribution in [0.25, 0.3) is 0 Å². The molecule has 2 amide bonds. The topological polar surface area (TPSA) is 43.9 Å². The standard InChI is InChI=1S/C17H25N3O2/c1-3-20(16-6-4-5-15(2)13-16)17(22)7-8-18-9-11-19(14-21)12-10-18/h4-6,13-14H,3,7-12H2,1-2H3. The van der Waals surface area contributed by atoms with E-state index in [0.29, 0.717) is 13.0 Å². The number of rotatable bonds is 6. The molecule has 0 bridgehead atoms. The van der Waals surface area contributed by atoms with Crippen molar-refractivity contribution < 1.29 is 9.59 Å². The Morgan fingerprint density at radius 1 is 1.27 bits per heavy atom. The van der Waals surface area contributed by atoms with Crippen LogP contribution < -0.4 is 4.90 Å². The van der Waals surface area contributed by atoms with Crippen LogP contribution in [0.15, 0.2) is 24.3 Å². The largest absolute Gasteiger partial charge is 0.343 e. The second-order valence-electron chi connectivity index (χ2n) is 5.71. The molecule has 0 radical (unpaired) electrons. The van der Waals surface area contributed by atoms with Crippen LogP contribution in [-0.4, -0.2) is 61.4 Å². The Kier molecular flexibility index (Phi) is 5.95. The van der Waals surface area contributed by atoms with Crippen molar-refractivity contribution in [2.75, 3.05) is 44.2 Å². The number of carbonyl (C=O) groups excluding carboxylic acids is 2. The number of nitrogens with zero attached hydrogens (tertiary/aromatic N) is 3. The van der Waals surface area contributed by atoms with Crippen LogP contribution >= 0.6 is 0 Å². The van der Waals surface area contributed by atoms with Crippen molar-refractivity contribution in [2.24, 2.45) is 0 Å². The third-order valence-corrected chi connectivity index (χ3v) is 4.13. The Labute approximate surface area is 132 Å². The van der Waals surface area contributed by atoms with Gasteiger partial charge in [-0.25, -0.2) is 0 Å². The second kappa shape index (κ2) is 7.94. The van der Waals surface area contributed by atoms with E-state index in [4.69, 9.17) is 0 Å². The summed E-state index contributed by atoms with van der Waals surface area (Å²) in [6.07, 6.45) is 1.42. The quantitative estimate of drug-likeness (QED) is 0.748. The molecule has 1 aliphatic rings. The van der Waals surface area contributed by atoms with E-state index in [-0.39, 0.29) is 5.91 Å². The minimum absolute atomic E-state index is 0.158. The Bertz CT molecular complexity index is 510. The highest BCUT2D eigenvalue weighted by atomic mass is 16.2. The summed E-state index contributed by atoms with van der Waals surface area (Å²) >= 11 is 0. The van der Waals surface area contributed by atoms with Crippen LogP contribution in [0, 0.1) is 6.92 Å². The van der Waals surface area contributed by atoms with Crippen LogP contribution in [0.5, 0.6) is 0 Å². The van der Waals surface area contributed by atoms with E-state index in [1.165, 1.54) is 0 Å². The number of benzene rings is 1. The number of carbonyl (C=O) groups is 2. The molecule has 120 valence electrons. The number of aryl methyl sites for hydroxylation is 1. The lowest BCUT2D eigenvalue weighted by Gasteiger charge is -2.32. The summed E-state index contributed by atoms with van der Waals surface area (Å²) < 4.78 is 0. The van der Waals surface area contributed by atoms with Gasteiger partial charge in [-0.15, -0.1) is 0 Å². The van der Waals surface area contributed by atoms with Crippen molar-refractivity contribution in [1.29, 1.82) is 0 Å². The number of piperazine rings is 1. The van der Waals surface area contributed by atoms with Gasteiger partial charge in [-0.3, -0.25) is 14.5 Å². The van der Waals surface area contributed by atoms with Gasteiger partial charge in [0.25, 0.3) is 0 Å². The van der Waals surface area contributed by atoms with Crippen LogP contribution in [0.1, 0.15) is 18.9 Å². The normalized spacial score (nSPS) is 15.6. The molecule has 1 saturated heterocycles. The van der Waals surface area contributed by atoms with Crippen molar-refractivity contribution in [1.82, 2.24) is 9.80 Å². The fourth-order valence-electron chi connectivity index (χ4n) is 2.78. The average molecular weight is 303 g/mol. The minimum atomic E-state index is 0.158. The molecule has 1 heterocycles. The van der Waals surface area contributed by atoms with E-state index in [2.05, 4.69) is 4.90 Å². The monoisotopic (exact) mass is 303 g/mol. The van der Waals surface area contributed by atoms with Gasteiger partial charge in [0, 0.05) is 51.4 Å². The fraction of sp³-hybridized carbons (Fsp3) is 0.529. The number of amides is 2. The molecule has 0 N–H and O–H groups in total. The maximum atomic E-state index is 12.5. The van der Waals surface area contributed by atoms with Gasteiger partial charge in [-0.1, -0.05) is 12.1 Å². The summed E-state index contributed by atoms with van der Waals surface area (Å²) in [5.74, 6) is 0.158. The lowest BCUT2D eigenvalue weighted by Crippen LogP contribution is -2.46. The molecule has 5 nitrogen and oxygen atoms in total.